The lowest BCUT2D eigenvalue weighted by Gasteiger charge is -2.20. The van der Waals surface area contributed by atoms with Crippen molar-refractivity contribution in [2.75, 3.05) is 26.7 Å². The highest BCUT2D eigenvalue weighted by molar-refractivity contribution is 5.72. The maximum absolute atomic E-state index is 11.9. The molecule has 1 heterocycles. The Balaban J connectivity index is 0.00000220. The molecule has 0 N–H and O–H groups in total. The predicted octanol–water partition coefficient (Wildman–Crippen LogP) is -0.731. The van der Waals surface area contributed by atoms with Gasteiger partial charge in [0.2, 0.25) is 0 Å². The Bertz CT molecular complexity index is 430. The van der Waals surface area contributed by atoms with Gasteiger partial charge in [-0.2, -0.15) is 0 Å². The topological polar surface area (TPSA) is 38.8 Å². The number of benzene rings is 1. The maximum Gasteiger partial charge on any atom is 0.310 e. The Labute approximate surface area is 132 Å². The molecule has 1 unspecified atom stereocenters. The lowest BCUT2D eigenvalue weighted by atomic mass is 10.1. The zero-order chi connectivity index (χ0) is 14.4. The molecule has 1 aromatic carbocycles. The first-order valence-electron chi connectivity index (χ1n) is 7.22. The second-order valence-electron chi connectivity index (χ2n) is 5.33. The normalized spacial score (nSPS) is 16.1. The predicted molar refractivity (Wildman–Crippen MR) is 77.9 cm³/mol. The molecule has 0 saturated carbocycles. The molecule has 1 saturated heterocycles. The fourth-order valence-corrected chi connectivity index (χ4v) is 2.54. The van der Waals surface area contributed by atoms with Gasteiger partial charge in [0, 0.05) is 6.54 Å². The van der Waals surface area contributed by atoms with Crippen molar-refractivity contribution in [2.45, 2.75) is 32.3 Å². The number of hydrogen-bond donors (Lipinski definition) is 0. The van der Waals surface area contributed by atoms with E-state index >= 15 is 0 Å². The summed E-state index contributed by atoms with van der Waals surface area (Å²) >= 11 is 0. The van der Waals surface area contributed by atoms with E-state index in [4.69, 9.17) is 9.47 Å². The molecule has 0 aliphatic carbocycles. The molecule has 0 amide bonds. The number of likely N-dealkylation sites (tertiary alicyclic amines) is 1. The van der Waals surface area contributed by atoms with Gasteiger partial charge in [-0.05, 0) is 50.6 Å². The third-order valence-corrected chi connectivity index (χ3v) is 3.55. The summed E-state index contributed by atoms with van der Waals surface area (Å²) in [5, 5.41) is 0. The SMILES string of the molecule is COc1ccc(CC(=O)OC(C)CN2CCCC2)cc1.[Cl-]. The Kier molecular flexibility index (Phi) is 7.54. The van der Waals surface area contributed by atoms with E-state index in [1.54, 1.807) is 7.11 Å². The fourth-order valence-electron chi connectivity index (χ4n) is 2.54. The molecule has 2 rings (SSSR count). The van der Waals surface area contributed by atoms with Crippen LogP contribution in [0.4, 0.5) is 0 Å². The summed E-state index contributed by atoms with van der Waals surface area (Å²) in [5.41, 5.74) is 0.948. The number of methoxy groups -OCH3 is 1. The molecule has 1 fully saturated rings. The smallest absolute Gasteiger partial charge is 0.310 e. The number of carbonyl (C=O) groups excluding carboxylic acids is 1. The van der Waals surface area contributed by atoms with E-state index in [1.807, 2.05) is 31.2 Å². The van der Waals surface area contributed by atoms with Crippen LogP contribution in [0.5, 0.6) is 5.75 Å². The van der Waals surface area contributed by atoms with Gasteiger partial charge >= 0.3 is 5.97 Å². The van der Waals surface area contributed by atoms with E-state index < -0.39 is 0 Å². The van der Waals surface area contributed by atoms with Gasteiger partial charge in [0.1, 0.15) is 11.9 Å². The molecule has 4 nitrogen and oxygen atoms in total. The zero-order valence-corrected chi connectivity index (χ0v) is 13.4. The largest absolute Gasteiger partial charge is 1.00 e. The van der Waals surface area contributed by atoms with Crippen molar-refractivity contribution in [1.29, 1.82) is 0 Å². The molecule has 1 aromatic rings. The van der Waals surface area contributed by atoms with Crippen LogP contribution in [-0.2, 0) is 16.0 Å². The monoisotopic (exact) mass is 312 g/mol. The molecule has 1 atom stereocenters. The van der Waals surface area contributed by atoms with E-state index in [-0.39, 0.29) is 24.5 Å². The molecule has 21 heavy (non-hydrogen) atoms. The van der Waals surface area contributed by atoms with Gasteiger partial charge in [-0.1, -0.05) is 12.1 Å². The van der Waals surface area contributed by atoms with Crippen LogP contribution in [0.3, 0.4) is 0 Å². The quantitative estimate of drug-likeness (QED) is 0.649. The Morgan fingerprint density at radius 1 is 1.24 bits per heavy atom. The van der Waals surface area contributed by atoms with Gasteiger partial charge in [-0.3, -0.25) is 9.69 Å². The number of carbonyl (C=O) groups is 1. The standard InChI is InChI=1S/C16H23NO3.ClH/c1-13(12-17-9-3-4-10-17)20-16(18)11-14-5-7-15(19-2)8-6-14;/h5-8,13H,3-4,9-12H2,1-2H3;1H/p-1. The summed E-state index contributed by atoms with van der Waals surface area (Å²) in [6.45, 7) is 5.05. The Morgan fingerprint density at radius 3 is 2.43 bits per heavy atom. The van der Waals surface area contributed by atoms with E-state index in [0.29, 0.717) is 6.42 Å². The van der Waals surface area contributed by atoms with Crippen molar-refractivity contribution in [3.8, 4) is 5.75 Å². The van der Waals surface area contributed by atoms with Crippen molar-refractivity contribution < 1.29 is 26.7 Å². The molecule has 5 heteroatoms. The van der Waals surface area contributed by atoms with E-state index in [1.165, 1.54) is 12.8 Å². The van der Waals surface area contributed by atoms with Gasteiger partial charge < -0.3 is 21.9 Å². The molecule has 0 radical (unpaired) electrons. The number of nitrogens with zero attached hydrogens (tertiary/aromatic N) is 1. The molecule has 1 aliphatic heterocycles. The molecular weight excluding hydrogens is 290 g/mol. The van der Waals surface area contributed by atoms with Crippen LogP contribution in [0.25, 0.3) is 0 Å². The van der Waals surface area contributed by atoms with Gasteiger partial charge in [0.25, 0.3) is 0 Å². The van der Waals surface area contributed by atoms with Crippen LogP contribution in [0.2, 0.25) is 0 Å². The van der Waals surface area contributed by atoms with Gasteiger partial charge in [-0.15, -0.1) is 0 Å². The van der Waals surface area contributed by atoms with Crippen LogP contribution < -0.4 is 17.1 Å². The first-order valence-corrected chi connectivity index (χ1v) is 7.22. The first-order chi connectivity index (χ1) is 9.67. The lowest BCUT2D eigenvalue weighted by Crippen LogP contribution is -3.00. The average Bonchev–Trinajstić information content (AvgIpc) is 2.92. The third kappa shape index (κ3) is 5.94. The second-order valence-corrected chi connectivity index (χ2v) is 5.33. The highest BCUT2D eigenvalue weighted by atomic mass is 35.5. The Morgan fingerprint density at radius 2 is 1.86 bits per heavy atom. The lowest BCUT2D eigenvalue weighted by molar-refractivity contribution is -0.148. The molecule has 1 aliphatic rings. The van der Waals surface area contributed by atoms with Crippen LogP contribution in [-0.4, -0.2) is 43.7 Å². The number of rotatable bonds is 6. The van der Waals surface area contributed by atoms with Crippen molar-refractivity contribution in [3.63, 3.8) is 0 Å². The van der Waals surface area contributed by atoms with E-state index in [2.05, 4.69) is 4.90 Å². The number of ether oxygens (including phenoxy) is 2. The molecule has 118 valence electrons. The zero-order valence-electron chi connectivity index (χ0n) is 12.7. The molecule has 0 bridgehead atoms. The number of esters is 1. The van der Waals surface area contributed by atoms with Crippen LogP contribution >= 0.6 is 0 Å². The summed E-state index contributed by atoms with van der Waals surface area (Å²) in [6.07, 6.45) is 2.78. The first kappa shape index (κ1) is 17.8. The van der Waals surface area contributed by atoms with Crippen LogP contribution in [0.1, 0.15) is 25.3 Å². The van der Waals surface area contributed by atoms with Crippen molar-refractivity contribution >= 4 is 5.97 Å². The summed E-state index contributed by atoms with van der Waals surface area (Å²) in [5.74, 6) is 0.631. The minimum absolute atomic E-state index is 0. The van der Waals surface area contributed by atoms with Crippen LogP contribution in [0.15, 0.2) is 24.3 Å². The maximum atomic E-state index is 11.9. The minimum atomic E-state index is -0.165. The minimum Gasteiger partial charge on any atom is -1.00 e. The van der Waals surface area contributed by atoms with Gasteiger partial charge in [-0.25, -0.2) is 0 Å². The Hall–Kier alpha value is -1.26. The van der Waals surface area contributed by atoms with Crippen molar-refractivity contribution in [1.82, 2.24) is 4.90 Å². The highest BCUT2D eigenvalue weighted by Crippen LogP contribution is 2.13. The molecule has 0 aromatic heterocycles. The van der Waals surface area contributed by atoms with E-state index in [0.717, 1.165) is 30.9 Å². The van der Waals surface area contributed by atoms with Crippen molar-refractivity contribution in [3.05, 3.63) is 29.8 Å². The molecule has 0 spiro atoms. The highest BCUT2D eigenvalue weighted by Gasteiger charge is 2.17. The third-order valence-electron chi connectivity index (χ3n) is 3.55. The van der Waals surface area contributed by atoms with Crippen LogP contribution in [0, 0.1) is 0 Å². The second kappa shape index (κ2) is 8.90. The summed E-state index contributed by atoms with van der Waals surface area (Å²) in [6, 6.07) is 7.50. The van der Waals surface area contributed by atoms with Crippen molar-refractivity contribution in [2.24, 2.45) is 0 Å². The van der Waals surface area contributed by atoms with Gasteiger partial charge in [0.15, 0.2) is 0 Å². The number of hydrogen-bond acceptors (Lipinski definition) is 4. The fraction of sp³-hybridized carbons (Fsp3) is 0.562. The van der Waals surface area contributed by atoms with Gasteiger partial charge in [0.05, 0.1) is 13.5 Å². The summed E-state index contributed by atoms with van der Waals surface area (Å²) in [7, 11) is 1.63. The average molecular weight is 313 g/mol. The summed E-state index contributed by atoms with van der Waals surface area (Å²) < 4.78 is 10.6. The number of halogens is 1. The molecular formula is C16H23ClNO3-. The van der Waals surface area contributed by atoms with E-state index in [9.17, 15) is 4.79 Å². The summed E-state index contributed by atoms with van der Waals surface area (Å²) in [4.78, 5) is 14.2.